The van der Waals surface area contributed by atoms with E-state index in [2.05, 4.69) is 83.8 Å². The Labute approximate surface area is 303 Å². The van der Waals surface area contributed by atoms with Gasteiger partial charge in [0.25, 0.3) is 0 Å². The van der Waals surface area contributed by atoms with Gasteiger partial charge in [-0.1, -0.05) is 71.4 Å². The summed E-state index contributed by atoms with van der Waals surface area (Å²) in [6.07, 6.45) is 16.3. The van der Waals surface area contributed by atoms with Crippen molar-refractivity contribution in [2.24, 2.45) is 51.2 Å². The van der Waals surface area contributed by atoms with Crippen LogP contribution in [0.3, 0.4) is 0 Å². The lowest BCUT2D eigenvalue weighted by Crippen LogP contribution is -2.68. The first-order valence-electron chi connectivity index (χ1n) is 19.9. The summed E-state index contributed by atoms with van der Waals surface area (Å²) < 4.78 is 0. The van der Waals surface area contributed by atoms with Gasteiger partial charge in [0.05, 0.1) is 5.56 Å². The van der Waals surface area contributed by atoms with E-state index >= 15 is 0 Å². The summed E-state index contributed by atoms with van der Waals surface area (Å²) >= 11 is 0. The summed E-state index contributed by atoms with van der Waals surface area (Å²) in [5.74, 6) is 1.81. The van der Waals surface area contributed by atoms with Crippen LogP contribution >= 0.6 is 0 Å². The van der Waals surface area contributed by atoms with Gasteiger partial charge in [-0.25, -0.2) is 9.59 Å². The third-order valence-corrected chi connectivity index (χ3v) is 16.0. The molecule has 0 spiro atoms. The van der Waals surface area contributed by atoms with Crippen LogP contribution in [0.25, 0.3) is 5.57 Å². The third-order valence-electron chi connectivity index (χ3n) is 16.0. The van der Waals surface area contributed by atoms with E-state index in [1.54, 1.807) is 12.1 Å². The number of allylic oxidation sites excluding steroid dienone is 3. The van der Waals surface area contributed by atoms with Crippen molar-refractivity contribution in [3.8, 4) is 0 Å². The van der Waals surface area contributed by atoms with Crippen LogP contribution in [0.4, 0.5) is 4.79 Å². The Hall–Kier alpha value is -2.60. The van der Waals surface area contributed by atoms with Crippen molar-refractivity contribution < 1.29 is 14.7 Å². The van der Waals surface area contributed by atoms with Crippen molar-refractivity contribution in [3.63, 3.8) is 0 Å². The second-order valence-electron chi connectivity index (χ2n) is 19.0. The van der Waals surface area contributed by atoms with Gasteiger partial charge in [-0.2, -0.15) is 0 Å². The second kappa shape index (κ2) is 13.4. The van der Waals surface area contributed by atoms with E-state index in [1.807, 2.05) is 12.1 Å². The summed E-state index contributed by atoms with van der Waals surface area (Å²) in [4.78, 5) is 27.3. The summed E-state index contributed by atoms with van der Waals surface area (Å²) in [7, 11) is 4.23. The molecule has 4 saturated carbocycles. The molecule has 0 aliphatic heterocycles. The quantitative estimate of drug-likeness (QED) is 0.169. The summed E-state index contributed by atoms with van der Waals surface area (Å²) in [6.45, 7) is 21.5. The molecule has 4 fully saturated rings. The highest BCUT2D eigenvalue weighted by Crippen LogP contribution is 2.76. The van der Waals surface area contributed by atoms with Crippen molar-refractivity contribution in [2.75, 3.05) is 27.2 Å². The fraction of sp³-hybridized carbons (Fsp3) is 0.727. The third kappa shape index (κ3) is 5.97. The van der Waals surface area contributed by atoms with Gasteiger partial charge in [-0.05, 0) is 173 Å². The minimum absolute atomic E-state index is 0.00131. The largest absolute Gasteiger partial charge is 0.478 e. The number of unbranched alkanes of at least 4 members (excludes halogenated alkanes) is 2. The van der Waals surface area contributed by atoms with Gasteiger partial charge in [0.15, 0.2) is 0 Å². The molecule has 6 nitrogen and oxygen atoms in total. The van der Waals surface area contributed by atoms with Crippen LogP contribution in [0.1, 0.15) is 135 Å². The van der Waals surface area contributed by atoms with E-state index in [1.165, 1.54) is 55.2 Å². The number of carboxylic acid groups (broad SMARTS) is 1. The van der Waals surface area contributed by atoms with Gasteiger partial charge < -0.3 is 20.6 Å². The molecule has 9 unspecified atom stereocenters. The topological polar surface area (TPSA) is 81.7 Å². The molecule has 0 saturated heterocycles. The number of carbonyl (C=O) groups is 2. The molecule has 276 valence electrons. The lowest BCUT2D eigenvalue weighted by Gasteiger charge is -2.72. The molecule has 5 aliphatic carbocycles. The number of carbonyl (C=O) groups excluding carboxylic acids is 1. The summed E-state index contributed by atoms with van der Waals surface area (Å²) in [5, 5.41) is 16.4. The lowest BCUT2D eigenvalue weighted by atomic mass is 9.33. The second-order valence-corrected chi connectivity index (χ2v) is 19.0. The molecular weight excluding hydrogens is 619 g/mol. The average molecular weight is 686 g/mol. The number of fused-ring (bicyclic) bond motifs is 7. The number of benzene rings is 1. The van der Waals surface area contributed by atoms with Crippen LogP contribution in [0.15, 0.2) is 42.5 Å². The molecule has 0 bridgehead atoms. The first-order valence-corrected chi connectivity index (χ1v) is 19.9. The highest BCUT2D eigenvalue weighted by Gasteiger charge is 2.70. The number of hydrogen-bond acceptors (Lipinski definition) is 3. The lowest BCUT2D eigenvalue weighted by molar-refractivity contribution is -0.218. The summed E-state index contributed by atoms with van der Waals surface area (Å²) in [6, 6.07) is 7.60. The molecule has 6 heteroatoms. The monoisotopic (exact) mass is 686 g/mol. The molecule has 1 aromatic rings. The molecule has 0 heterocycles. The predicted octanol–water partition coefficient (Wildman–Crippen LogP) is 9.82. The summed E-state index contributed by atoms with van der Waals surface area (Å²) in [5.41, 5.74) is 4.70. The van der Waals surface area contributed by atoms with E-state index in [0.29, 0.717) is 35.2 Å². The highest BCUT2D eigenvalue weighted by atomic mass is 16.4. The highest BCUT2D eigenvalue weighted by molar-refractivity contribution is 5.88. The molecule has 0 aromatic heterocycles. The molecule has 6 rings (SSSR count). The molecule has 5 aliphatic rings. The van der Waals surface area contributed by atoms with Crippen LogP contribution in [0.2, 0.25) is 0 Å². The number of nitrogens with one attached hydrogen (secondary N) is 2. The molecule has 9 atom stereocenters. The molecule has 1 aromatic carbocycles. The van der Waals surface area contributed by atoms with Crippen LogP contribution in [-0.2, 0) is 0 Å². The Morgan fingerprint density at radius 2 is 1.60 bits per heavy atom. The van der Waals surface area contributed by atoms with Crippen molar-refractivity contribution in [1.29, 1.82) is 0 Å². The zero-order valence-corrected chi connectivity index (χ0v) is 32.6. The minimum Gasteiger partial charge on any atom is -0.478 e. The molecule has 0 radical (unpaired) electrons. The minimum atomic E-state index is -0.871. The first kappa shape index (κ1) is 37.2. The standard InChI is InChI=1S/C44H67N3O3/c1-29(2)32-19-24-44(46-39(50)45-27-11-10-12-28-47(8)9)26-25-42(6)34(37(32)44)17-18-36-41(5)22-20-33(30-13-15-31(16-14-30)38(48)49)40(3,4)35(41)21-23-43(36,42)7/h13-16,20,32,34-37H,1,10-12,17-19,21-28H2,2-9H3,(H,48,49)(H2,45,46,50). The number of aromatic carboxylic acids is 1. The molecule has 50 heavy (non-hydrogen) atoms. The Kier molecular flexibility index (Phi) is 9.98. The zero-order valence-electron chi connectivity index (χ0n) is 32.6. The van der Waals surface area contributed by atoms with Crippen LogP contribution in [0.5, 0.6) is 0 Å². The van der Waals surface area contributed by atoms with Crippen LogP contribution < -0.4 is 10.6 Å². The van der Waals surface area contributed by atoms with Gasteiger partial charge in [-0.15, -0.1) is 0 Å². The van der Waals surface area contributed by atoms with Crippen molar-refractivity contribution >= 4 is 17.6 Å². The fourth-order valence-electron chi connectivity index (χ4n) is 13.5. The number of nitrogens with zero attached hydrogens (tertiary/aromatic N) is 1. The molecule has 2 amide bonds. The molecular formula is C44H67N3O3. The first-order chi connectivity index (χ1) is 23.5. The van der Waals surface area contributed by atoms with Gasteiger partial charge >= 0.3 is 12.0 Å². The Morgan fingerprint density at radius 3 is 2.26 bits per heavy atom. The Bertz CT molecular complexity index is 1500. The normalized spacial score (nSPS) is 38.6. The Balaban J connectivity index is 1.24. The number of rotatable bonds is 10. The van der Waals surface area contributed by atoms with E-state index in [4.69, 9.17) is 0 Å². The van der Waals surface area contributed by atoms with Crippen molar-refractivity contribution in [2.45, 2.75) is 124 Å². The maximum atomic E-state index is 13.5. The van der Waals surface area contributed by atoms with E-state index < -0.39 is 5.97 Å². The van der Waals surface area contributed by atoms with Crippen LogP contribution in [-0.4, -0.2) is 54.7 Å². The number of carboxylic acids is 1. The Morgan fingerprint density at radius 1 is 0.880 bits per heavy atom. The van der Waals surface area contributed by atoms with Gasteiger partial charge in [-0.3, -0.25) is 0 Å². The zero-order chi connectivity index (χ0) is 36.3. The van der Waals surface area contributed by atoms with E-state index in [0.717, 1.165) is 51.6 Å². The SMILES string of the molecule is C=C(C)C1CCC2(NC(=O)NCCCCCN(C)C)CCC3(C)C(CCC4C5(C)CC=C(c6ccc(C(=O)O)cc6)C(C)(C)C5CCC43C)C12. The smallest absolute Gasteiger partial charge is 0.335 e. The van der Waals surface area contributed by atoms with Gasteiger partial charge in [0, 0.05) is 12.1 Å². The molecule has 3 N–H and O–H groups in total. The van der Waals surface area contributed by atoms with E-state index in [-0.39, 0.29) is 33.2 Å². The predicted molar refractivity (Wildman–Crippen MR) is 205 cm³/mol. The van der Waals surface area contributed by atoms with E-state index in [9.17, 15) is 14.7 Å². The number of hydrogen-bond donors (Lipinski definition) is 3. The maximum Gasteiger partial charge on any atom is 0.335 e. The van der Waals surface area contributed by atoms with Crippen molar-refractivity contribution in [3.05, 3.63) is 53.6 Å². The maximum absolute atomic E-state index is 13.5. The van der Waals surface area contributed by atoms with Crippen molar-refractivity contribution in [1.82, 2.24) is 15.5 Å². The number of amides is 2. The number of urea groups is 1. The van der Waals surface area contributed by atoms with Gasteiger partial charge in [0.1, 0.15) is 0 Å². The average Bonchev–Trinajstić information content (AvgIpc) is 3.42. The van der Waals surface area contributed by atoms with Crippen LogP contribution in [0, 0.1) is 51.2 Å². The van der Waals surface area contributed by atoms with Gasteiger partial charge in [0.2, 0.25) is 0 Å². The fourth-order valence-corrected chi connectivity index (χ4v) is 13.5.